The lowest BCUT2D eigenvalue weighted by Gasteiger charge is -2.00. The summed E-state index contributed by atoms with van der Waals surface area (Å²) in [7, 11) is 0. The lowest BCUT2D eigenvalue weighted by atomic mass is 10.1. The van der Waals surface area contributed by atoms with Gasteiger partial charge in [-0.2, -0.15) is 0 Å². The minimum absolute atomic E-state index is 0.0150. The van der Waals surface area contributed by atoms with Gasteiger partial charge in [0.25, 0.3) is 0 Å². The molecule has 0 aromatic heterocycles. The topological polar surface area (TPSA) is 40.5 Å². The van der Waals surface area contributed by atoms with Crippen LogP contribution in [0.3, 0.4) is 0 Å². The number of benzene rings is 1. The van der Waals surface area contributed by atoms with Crippen LogP contribution in [0.1, 0.15) is 12.5 Å². The van der Waals surface area contributed by atoms with Gasteiger partial charge in [0, 0.05) is 6.42 Å². The number of aliphatic hydroxyl groups excluding tert-OH is 2. The largest absolute Gasteiger partial charge is 0.509 e. The molecule has 2 nitrogen and oxygen atoms in total. The minimum atomic E-state index is -0.0150. The third-order valence-electron chi connectivity index (χ3n) is 1.63. The summed E-state index contributed by atoms with van der Waals surface area (Å²) in [6.07, 6.45) is 0.392. The molecule has 0 aliphatic rings. The first-order valence-corrected chi connectivity index (χ1v) is 3.82. The van der Waals surface area contributed by atoms with E-state index in [1.54, 1.807) is 0 Å². The fourth-order valence-corrected chi connectivity index (χ4v) is 0.917. The molecule has 2 heteroatoms. The van der Waals surface area contributed by atoms with Crippen molar-refractivity contribution in [3.8, 4) is 0 Å². The Morgan fingerprint density at radius 2 is 1.75 bits per heavy atom. The van der Waals surface area contributed by atoms with E-state index >= 15 is 0 Å². The Bertz CT molecular complexity index is 271. The molecule has 0 bridgehead atoms. The first-order chi connectivity index (χ1) is 5.70. The van der Waals surface area contributed by atoms with Crippen molar-refractivity contribution in [3.63, 3.8) is 0 Å². The van der Waals surface area contributed by atoms with E-state index in [2.05, 4.69) is 0 Å². The number of aliphatic hydroxyl groups is 2. The van der Waals surface area contributed by atoms with Gasteiger partial charge in [0.15, 0.2) is 0 Å². The average Bonchev–Trinajstić information content (AvgIpc) is 2.06. The Morgan fingerprint density at radius 1 is 1.17 bits per heavy atom. The van der Waals surface area contributed by atoms with Gasteiger partial charge in [0.05, 0.1) is 0 Å². The van der Waals surface area contributed by atoms with Gasteiger partial charge in [-0.15, -0.1) is 0 Å². The normalized spacial score (nSPS) is 12.4. The molecular formula is C10H12O2. The maximum atomic E-state index is 9.21. The van der Waals surface area contributed by atoms with Crippen molar-refractivity contribution in [2.45, 2.75) is 13.3 Å². The monoisotopic (exact) mass is 164 g/mol. The van der Waals surface area contributed by atoms with Gasteiger partial charge >= 0.3 is 0 Å². The average molecular weight is 164 g/mol. The van der Waals surface area contributed by atoms with E-state index in [0.29, 0.717) is 6.42 Å². The van der Waals surface area contributed by atoms with Gasteiger partial charge in [-0.05, 0) is 12.5 Å². The highest BCUT2D eigenvalue weighted by molar-refractivity contribution is 5.19. The van der Waals surface area contributed by atoms with Gasteiger partial charge in [-0.25, -0.2) is 0 Å². The minimum Gasteiger partial charge on any atom is -0.509 e. The molecule has 0 spiro atoms. The van der Waals surface area contributed by atoms with Crippen LogP contribution in [0.25, 0.3) is 0 Å². The molecule has 0 saturated heterocycles. The predicted octanol–water partition coefficient (Wildman–Crippen LogP) is 2.58. The first kappa shape index (κ1) is 8.65. The Labute approximate surface area is 71.8 Å². The van der Waals surface area contributed by atoms with Crippen LogP contribution < -0.4 is 0 Å². The van der Waals surface area contributed by atoms with Crippen LogP contribution in [0.15, 0.2) is 41.9 Å². The van der Waals surface area contributed by atoms with Crippen molar-refractivity contribution in [1.29, 1.82) is 0 Å². The molecule has 12 heavy (non-hydrogen) atoms. The number of allylic oxidation sites excluding steroid dienone is 2. The Hall–Kier alpha value is -1.44. The Morgan fingerprint density at radius 3 is 2.25 bits per heavy atom. The van der Waals surface area contributed by atoms with E-state index in [1.807, 2.05) is 30.3 Å². The van der Waals surface area contributed by atoms with Crippen molar-refractivity contribution in [2.24, 2.45) is 0 Å². The van der Waals surface area contributed by atoms with Crippen LogP contribution in [-0.2, 0) is 6.42 Å². The summed E-state index contributed by atoms with van der Waals surface area (Å²) in [5.74, 6) is 0.0139. The van der Waals surface area contributed by atoms with Gasteiger partial charge in [-0.3, -0.25) is 0 Å². The maximum absolute atomic E-state index is 9.21. The first-order valence-electron chi connectivity index (χ1n) is 3.82. The lowest BCUT2D eigenvalue weighted by molar-refractivity contribution is 0.319. The molecule has 64 valence electrons. The van der Waals surface area contributed by atoms with E-state index in [-0.39, 0.29) is 11.5 Å². The maximum Gasteiger partial charge on any atom is 0.134 e. The van der Waals surface area contributed by atoms with E-state index < -0.39 is 0 Å². The SMILES string of the molecule is C/C(O)=C(\O)Cc1ccccc1. The zero-order valence-electron chi connectivity index (χ0n) is 6.99. The molecule has 0 atom stereocenters. The van der Waals surface area contributed by atoms with Gasteiger partial charge in [0.2, 0.25) is 0 Å². The summed E-state index contributed by atoms with van der Waals surface area (Å²) in [4.78, 5) is 0. The molecule has 0 saturated carbocycles. The third-order valence-corrected chi connectivity index (χ3v) is 1.63. The molecule has 0 aliphatic carbocycles. The van der Waals surface area contributed by atoms with Crippen molar-refractivity contribution in [1.82, 2.24) is 0 Å². The Kier molecular flexibility index (Phi) is 2.75. The van der Waals surface area contributed by atoms with Gasteiger partial charge in [-0.1, -0.05) is 30.3 Å². The molecule has 1 aromatic carbocycles. The quantitative estimate of drug-likeness (QED) is 0.659. The van der Waals surface area contributed by atoms with Crippen LogP contribution >= 0.6 is 0 Å². The van der Waals surface area contributed by atoms with Crippen molar-refractivity contribution < 1.29 is 10.2 Å². The smallest absolute Gasteiger partial charge is 0.134 e. The summed E-state index contributed by atoms with van der Waals surface area (Å²) in [5.41, 5.74) is 0.989. The molecule has 2 N–H and O–H groups in total. The van der Waals surface area contributed by atoms with Crippen molar-refractivity contribution in [2.75, 3.05) is 0 Å². The van der Waals surface area contributed by atoms with E-state index in [9.17, 15) is 5.11 Å². The van der Waals surface area contributed by atoms with E-state index in [4.69, 9.17) is 5.11 Å². The molecule has 0 aliphatic heterocycles. The fraction of sp³-hybridized carbons (Fsp3) is 0.200. The fourth-order valence-electron chi connectivity index (χ4n) is 0.917. The number of hydrogen-bond acceptors (Lipinski definition) is 2. The highest BCUT2D eigenvalue weighted by Gasteiger charge is 1.99. The molecule has 0 fully saturated rings. The number of rotatable bonds is 2. The van der Waals surface area contributed by atoms with Crippen LogP contribution in [0, 0.1) is 0 Å². The number of hydrogen-bond donors (Lipinski definition) is 2. The summed E-state index contributed by atoms with van der Waals surface area (Å²) in [6, 6.07) is 9.51. The molecule has 0 heterocycles. The lowest BCUT2D eigenvalue weighted by Crippen LogP contribution is -1.92. The second-order valence-corrected chi connectivity index (χ2v) is 2.69. The molecule has 1 rings (SSSR count). The second kappa shape index (κ2) is 3.81. The van der Waals surface area contributed by atoms with E-state index in [1.165, 1.54) is 6.92 Å². The predicted molar refractivity (Wildman–Crippen MR) is 48.1 cm³/mol. The van der Waals surface area contributed by atoms with Crippen molar-refractivity contribution >= 4 is 0 Å². The molecular weight excluding hydrogens is 152 g/mol. The summed E-state index contributed by atoms with van der Waals surface area (Å²) >= 11 is 0. The Balaban J connectivity index is 2.72. The highest BCUT2D eigenvalue weighted by atomic mass is 16.3. The molecule has 0 radical (unpaired) electrons. The van der Waals surface area contributed by atoms with Crippen LogP contribution in [0.2, 0.25) is 0 Å². The third kappa shape index (κ3) is 2.31. The molecule has 0 unspecified atom stereocenters. The summed E-state index contributed by atoms with van der Waals surface area (Å²) in [6.45, 7) is 1.47. The standard InChI is InChI=1S/C10H12O2/c1-8(11)10(12)7-9-5-3-2-4-6-9/h2-6,11-12H,7H2,1H3/b10-8+. The molecule has 0 amide bonds. The summed E-state index contributed by atoms with van der Waals surface area (Å²) < 4.78 is 0. The zero-order chi connectivity index (χ0) is 8.97. The van der Waals surface area contributed by atoms with Gasteiger partial charge < -0.3 is 10.2 Å². The summed E-state index contributed by atoms with van der Waals surface area (Å²) in [5, 5.41) is 18.1. The van der Waals surface area contributed by atoms with Gasteiger partial charge in [0.1, 0.15) is 11.5 Å². The highest BCUT2D eigenvalue weighted by Crippen LogP contribution is 2.07. The molecule has 1 aromatic rings. The second-order valence-electron chi connectivity index (χ2n) is 2.69. The van der Waals surface area contributed by atoms with Crippen molar-refractivity contribution in [3.05, 3.63) is 47.4 Å². The zero-order valence-corrected chi connectivity index (χ0v) is 6.99. The van der Waals surface area contributed by atoms with E-state index in [0.717, 1.165) is 5.56 Å². The van der Waals surface area contributed by atoms with Crippen LogP contribution in [-0.4, -0.2) is 10.2 Å². The van der Waals surface area contributed by atoms with Crippen LogP contribution in [0.4, 0.5) is 0 Å². The van der Waals surface area contributed by atoms with Crippen LogP contribution in [0.5, 0.6) is 0 Å².